The molecule has 0 aliphatic heterocycles. The number of aromatic nitrogens is 7. The summed E-state index contributed by atoms with van der Waals surface area (Å²) in [7, 11) is 1.81. The van der Waals surface area contributed by atoms with Gasteiger partial charge >= 0.3 is 0 Å². The molecule has 6 rings (SSSR count). The predicted octanol–water partition coefficient (Wildman–Crippen LogP) is 2.94. The van der Waals surface area contributed by atoms with Gasteiger partial charge in [-0.25, -0.2) is 14.5 Å². The molecule has 3 N–H and O–H groups in total. The summed E-state index contributed by atoms with van der Waals surface area (Å²) in [4.78, 5) is 36.8. The van der Waals surface area contributed by atoms with Gasteiger partial charge in [0.15, 0.2) is 11.5 Å². The average Bonchev–Trinajstić information content (AvgIpc) is 3.52. The molecule has 1 unspecified atom stereocenters. The largest absolute Gasteiger partial charge is 0.381 e. The van der Waals surface area contributed by atoms with Gasteiger partial charge in [0.1, 0.15) is 11.4 Å². The molecule has 202 valence electrons. The van der Waals surface area contributed by atoms with Crippen LogP contribution in [0, 0.1) is 18.8 Å². The molecule has 0 radical (unpaired) electrons. The van der Waals surface area contributed by atoms with Crippen molar-refractivity contribution in [2.45, 2.75) is 19.9 Å². The second-order valence-corrected chi connectivity index (χ2v) is 9.65. The maximum Gasteiger partial charge on any atom is 0.267 e. The number of carbonyl (C=O) groups excluding carboxylic acids is 1. The molecule has 4 aromatic heterocycles. The lowest BCUT2D eigenvalue weighted by atomic mass is 10.1. The second-order valence-electron chi connectivity index (χ2n) is 9.65. The molecule has 0 saturated heterocycles. The van der Waals surface area contributed by atoms with Crippen LogP contribution < -0.4 is 16.6 Å². The van der Waals surface area contributed by atoms with E-state index in [-0.39, 0.29) is 16.9 Å². The molecular formula is C30H25N9O2. The van der Waals surface area contributed by atoms with Crippen molar-refractivity contribution in [3.05, 3.63) is 112 Å². The third kappa shape index (κ3) is 4.68. The fourth-order valence-electron chi connectivity index (χ4n) is 4.74. The number of rotatable bonds is 4. The molecule has 0 bridgehead atoms. The first-order valence-corrected chi connectivity index (χ1v) is 12.8. The molecular weight excluding hydrogens is 518 g/mol. The molecule has 6 aromatic rings. The van der Waals surface area contributed by atoms with E-state index in [1.165, 1.54) is 9.08 Å². The van der Waals surface area contributed by atoms with Gasteiger partial charge in [0.25, 0.3) is 11.5 Å². The van der Waals surface area contributed by atoms with Crippen LogP contribution in [-0.4, -0.2) is 39.8 Å². The molecule has 0 fully saturated rings. The number of nitrogens with one attached hydrogen (secondary N) is 1. The third-order valence-corrected chi connectivity index (χ3v) is 6.61. The van der Waals surface area contributed by atoms with Crippen LogP contribution in [0.5, 0.6) is 0 Å². The Kier molecular flexibility index (Phi) is 6.28. The molecule has 11 nitrogen and oxygen atoms in total. The van der Waals surface area contributed by atoms with Crippen molar-refractivity contribution in [3.8, 4) is 17.5 Å². The number of benzene rings is 2. The Morgan fingerprint density at radius 3 is 2.73 bits per heavy atom. The quantitative estimate of drug-likeness (QED) is 0.326. The number of hydrogen-bond donors (Lipinski definition) is 2. The summed E-state index contributed by atoms with van der Waals surface area (Å²) in [6, 6.07) is 13.9. The number of nitrogen functional groups attached to an aromatic ring is 1. The van der Waals surface area contributed by atoms with Crippen molar-refractivity contribution in [3.63, 3.8) is 0 Å². The van der Waals surface area contributed by atoms with Crippen molar-refractivity contribution in [1.82, 2.24) is 39.2 Å². The van der Waals surface area contributed by atoms with Crippen LogP contribution in [-0.2, 0) is 7.05 Å². The van der Waals surface area contributed by atoms with Gasteiger partial charge in [-0.05, 0) is 49.7 Å². The van der Waals surface area contributed by atoms with Crippen molar-refractivity contribution >= 4 is 28.3 Å². The summed E-state index contributed by atoms with van der Waals surface area (Å²) in [6.45, 7) is 3.71. The van der Waals surface area contributed by atoms with Crippen molar-refractivity contribution in [1.29, 1.82) is 0 Å². The van der Waals surface area contributed by atoms with Crippen LogP contribution in [0.4, 0.5) is 5.82 Å². The van der Waals surface area contributed by atoms with E-state index in [0.29, 0.717) is 33.6 Å². The minimum Gasteiger partial charge on any atom is -0.381 e. The van der Waals surface area contributed by atoms with E-state index in [9.17, 15) is 9.59 Å². The Hall–Kier alpha value is -5.76. The fraction of sp³-hybridized carbons (Fsp3) is 0.133. The lowest BCUT2D eigenvalue weighted by Gasteiger charge is -2.20. The SMILES string of the molecule is Cc1cccc(-n2c(C(C)NC(=O)c3c(N)nn4cccnc34)nc3cccc(C#Cc4cnn(C)c4)c3c2=O)c1. The van der Waals surface area contributed by atoms with Crippen molar-refractivity contribution in [2.75, 3.05) is 5.73 Å². The van der Waals surface area contributed by atoms with Crippen LogP contribution in [0.15, 0.2) is 78.1 Å². The molecule has 4 heterocycles. The minimum absolute atomic E-state index is 0.0489. The maximum absolute atomic E-state index is 14.2. The molecule has 0 spiro atoms. The number of nitrogens with two attached hydrogens (primary N) is 1. The van der Waals surface area contributed by atoms with Crippen LogP contribution in [0.25, 0.3) is 22.2 Å². The highest BCUT2D eigenvalue weighted by atomic mass is 16.2. The van der Waals surface area contributed by atoms with E-state index < -0.39 is 11.9 Å². The molecule has 2 aromatic carbocycles. The average molecular weight is 544 g/mol. The monoisotopic (exact) mass is 543 g/mol. The number of carbonyl (C=O) groups is 1. The zero-order valence-electron chi connectivity index (χ0n) is 22.5. The molecule has 0 saturated carbocycles. The summed E-state index contributed by atoms with van der Waals surface area (Å²) in [5.41, 5.74) is 9.56. The number of nitrogens with zero attached hydrogens (tertiary/aromatic N) is 7. The first-order valence-electron chi connectivity index (χ1n) is 12.8. The topological polar surface area (TPSA) is 138 Å². The Balaban J connectivity index is 1.49. The Morgan fingerprint density at radius 1 is 1.12 bits per heavy atom. The number of aryl methyl sites for hydroxylation is 2. The van der Waals surface area contributed by atoms with Gasteiger partial charge in [-0.15, -0.1) is 5.10 Å². The zero-order chi connectivity index (χ0) is 28.7. The zero-order valence-corrected chi connectivity index (χ0v) is 22.5. The van der Waals surface area contributed by atoms with Gasteiger partial charge in [-0.3, -0.25) is 18.8 Å². The third-order valence-electron chi connectivity index (χ3n) is 6.61. The first-order chi connectivity index (χ1) is 19.8. The normalized spacial score (nSPS) is 11.8. The lowest BCUT2D eigenvalue weighted by molar-refractivity contribution is 0.0940. The van der Waals surface area contributed by atoms with Crippen LogP contribution in [0.3, 0.4) is 0 Å². The van der Waals surface area contributed by atoms with E-state index in [4.69, 9.17) is 10.7 Å². The molecule has 11 heteroatoms. The Bertz CT molecular complexity index is 2090. The molecule has 41 heavy (non-hydrogen) atoms. The standard InChI is InChI=1S/C30H25N9O2/c1-18-7-4-9-22(15-18)39-27(19(2)34-29(40)25-26(31)36-38-14-6-13-32-28(25)38)35-23-10-5-8-21(24(23)30(39)41)12-11-20-16-33-37(3)17-20/h4-10,13-17,19H,1-3H3,(H2,31,36)(H,34,40). The van der Waals surface area contributed by atoms with Crippen molar-refractivity contribution < 1.29 is 4.79 Å². The maximum atomic E-state index is 14.2. The Labute approximate surface area is 234 Å². The molecule has 0 aliphatic rings. The molecule has 0 aliphatic carbocycles. The molecule has 1 atom stereocenters. The number of amides is 1. The Morgan fingerprint density at radius 2 is 1.95 bits per heavy atom. The number of anilines is 1. The summed E-state index contributed by atoms with van der Waals surface area (Å²) in [5.74, 6) is 6.11. The minimum atomic E-state index is -0.691. The van der Waals surface area contributed by atoms with Gasteiger partial charge in [-0.2, -0.15) is 5.10 Å². The predicted molar refractivity (Wildman–Crippen MR) is 155 cm³/mol. The van der Waals surface area contributed by atoms with E-state index in [2.05, 4.69) is 32.3 Å². The summed E-state index contributed by atoms with van der Waals surface area (Å²) in [6.07, 6.45) is 6.69. The van der Waals surface area contributed by atoms with E-state index in [1.54, 1.807) is 60.7 Å². The van der Waals surface area contributed by atoms with Gasteiger partial charge < -0.3 is 11.1 Å². The van der Waals surface area contributed by atoms with Crippen LogP contribution in [0.2, 0.25) is 0 Å². The highest BCUT2D eigenvalue weighted by molar-refractivity contribution is 6.04. The van der Waals surface area contributed by atoms with E-state index in [0.717, 1.165) is 11.1 Å². The summed E-state index contributed by atoms with van der Waals surface area (Å²) in [5, 5.41) is 11.6. The van der Waals surface area contributed by atoms with Gasteiger partial charge in [0, 0.05) is 31.2 Å². The first kappa shape index (κ1) is 25.5. The van der Waals surface area contributed by atoms with E-state index in [1.807, 2.05) is 38.2 Å². The van der Waals surface area contributed by atoms with Gasteiger partial charge in [0.2, 0.25) is 0 Å². The summed E-state index contributed by atoms with van der Waals surface area (Å²) >= 11 is 0. The highest BCUT2D eigenvalue weighted by Crippen LogP contribution is 2.22. The highest BCUT2D eigenvalue weighted by Gasteiger charge is 2.25. The number of fused-ring (bicyclic) bond motifs is 2. The fourth-order valence-corrected chi connectivity index (χ4v) is 4.74. The van der Waals surface area contributed by atoms with Crippen LogP contribution >= 0.6 is 0 Å². The number of hydrogen-bond acceptors (Lipinski definition) is 7. The smallest absolute Gasteiger partial charge is 0.267 e. The van der Waals surface area contributed by atoms with E-state index >= 15 is 0 Å². The van der Waals surface area contributed by atoms with Gasteiger partial charge in [0.05, 0.1) is 34.4 Å². The van der Waals surface area contributed by atoms with Crippen molar-refractivity contribution in [2.24, 2.45) is 7.05 Å². The summed E-state index contributed by atoms with van der Waals surface area (Å²) < 4.78 is 4.63. The second kappa shape index (κ2) is 10.1. The molecule has 1 amide bonds. The van der Waals surface area contributed by atoms with Gasteiger partial charge in [-0.1, -0.05) is 30.0 Å². The lowest BCUT2D eigenvalue weighted by Crippen LogP contribution is -2.33. The van der Waals surface area contributed by atoms with Crippen LogP contribution in [0.1, 0.15) is 45.8 Å².